The first-order chi connectivity index (χ1) is 15.2. The fourth-order valence-electron chi connectivity index (χ4n) is 3.58. The number of benzene rings is 2. The van der Waals surface area contributed by atoms with Crippen LogP contribution in [0.15, 0.2) is 54.6 Å². The summed E-state index contributed by atoms with van der Waals surface area (Å²) in [6.07, 6.45) is 2.07. The van der Waals surface area contributed by atoms with E-state index in [0.29, 0.717) is 31.6 Å². The van der Waals surface area contributed by atoms with Crippen molar-refractivity contribution in [2.75, 3.05) is 30.2 Å². The number of likely N-dealkylation sites (N-methyl/N-ethyl adjacent to an activating group) is 1. The van der Waals surface area contributed by atoms with Gasteiger partial charge in [0, 0.05) is 13.1 Å². The lowest BCUT2D eigenvalue weighted by Crippen LogP contribution is -2.53. The molecule has 0 aliphatic carbocycles. The SMILES string of the molecule is CCNC(=O)[C@@H](CC)N(CCc1ccccc1)C(=O)CN(c1cccc(C)c1)S(C)(=O)=O. The average molecular weight is 460 g/mol. The van der Waals surface area contributed by atoms with Crippen molar-refractivity contribution < 1.29 is 18.0 Å². The molecule has 0 aliphatic rings. The van der Waals surface area contributed by atoms with E-state index >= 15 is 0 Å². The van der Waals surface area contributed by atoms with E-state index in [4.69, 9.17) is 0 Å². The molecule has 2 amide bonds. The number of sulfonamides is 1. The second kappa shape index (κ2) is 11.7. The van der Waals surface area contributed by atoms with Gasteiger partial charge in [-0.1, -0.05) is 49.4 Å². The highest BCUT2D eigenvalue weighted by Crippen LogP contribution is 2.20. The standard InChI is InChI=1S/C24H33N3O4S/c1-5-22(24(29)25-6-2)26(16-15-20-12-8-7-9-13-20)23(28)18-27(32(4,30)31)21-14-10-11-19(3)17-21/h7-14,17,22H,5-6,15-16,18H2,1-4H3,(H,25,29)/t22-/m1/s1. The van der Waals surface area contributed by atoms with Crippen LogP contribution in [0.25, 0.3) is 0 Å². The van der Waals surface area contributed by atoms with E-state index in [1.807, 2.05) is 57.2 Å². The Morgan fingerprint density at radius 2 is 1.72 bits per heavy atom. The van der Waals surface area contributed by atoms with E-state index < -0.39 is 22.0 Å². The number of nitrogens with zero attached hydrogens (tertiary/aromatic N) is 2. The normalized spacial score (nSPS) is 12.1. The number of anilines is 1. The van der Waals surface area contributed by atoms with Gasteiger partial charge in [-0.3, -0.25) is 13.9 Å². The summed E-state index contributed by atoms with van der Waals surface area (Å²) in [5.74, 6) is -0.649. The van der Waals surface area contributed by atoms with Gasteiger partial charge in [-0.15, -0.1) is 0 Å². The molecule has 0 aliphatic heterocycles. The van der Waals surface area contributed by atoms with Crippen molar-refractivity contribution in [3.63, 3.8) is 0 Å². The molecule has 0 heterocycles. The van der Waals surface area contributed by atoms with Crippen molar-refractivity contribution in [2.24, 2.45) is 0 Å². The van der Waals surface area contributed by atoms with E-state index in [1.165, 1.54) is 4.90 Å². The van der Waals surface area contributed by atoms with Crippen LogP contribution in [-0.4, -0.2) is 57.1 Å². The molecule has 7 nitrogen and oxygen atoms in total. The summed E-state index contributed by atoms with van der Waals surface area (Å²) < 4.78 is 26.2. The van der Waals surface area contributed by atoms with Crippen LogP contribution in [0, 0.1) is 6.92 Å². The highest BCUT2D eigenvalue weighted by Gasteiger charge is 2.31. The second-order valence-corrected chi connectivity index (χ2v) is 9.66. The second-order valence-electron chi connectivity index (χ2n) is 7.75. The summed E-state index contributed by atoms with van der Waals surface area (Å²) in [4.78, 5) is 27.6. The number of amides is 2. The summed E-state index contributed by atoms with van der Waals surface area (Å²) in [5, 5.41) is 2.79. The lowest BCUT2D eigenvalue weighted by molar-refractivity contribution is -0.139. The molecule has 0 saturated heterocycles. The maximum atomic E-state index is 13.4. The predicted octanol–water partition coefficient (Wildman–Crippen LogP) is 2.75. The van der Waals surface area contributed by atoms with Gasteiger partial charge in [-0.05, 0) is 49.9 Å². The van der Waals surface area contributed by atoms with Crippen LogP contribution < -0.4 is 9.62 Å². The van der Waals surface area contributed by atoms with E-state index in [0.717, 1.165) is 21.7 Å². The molecular formula is C24H33N3O4S. The highest BCUT2D eigenvalue weighted by atomic mass is 32.2. The monoisotopic (exact) mass is 459 g/mol. The predicted molar refractivity (Wildman–Crippen MR) is 128 cm³/mol. The maximum Gasteiger partial charge on any atom is 0.244 e. The zero-order chi connectivity index (χ0) is 23.7. The molecule has 8 heteroatoms. The van der Waals surface area contributed by atoms with Crippen molar-refractivity contribution in [2.45, 2.75) is 39.7 Å². The minimum absolute atomic E-state index is 0.238. The number of carbonyl (C=O) groups excluding carboxylic acids is 2. The van der Waals surface area contributed by atoms with Gasteiger partial charge in [-0.2, -0.15) is 0 Å². The molecule has 0 unspecified atom stereocenters. The number of hydrogen-bond acceptors (Lipinski definition) is 4. The van der Waals surface area contributed by atoms with Gasteiger partial charge in [0.05, 0.1) is 11.9 Å². The van der Waals surface area contributed by atoms with Gasteiger partial charge in [0.1, 0.15) is 12.6 Å². The zero-order valence-electron chi connectivity index (χ0n) is 19.2. The molecule has 1 atom stereocenters. The molecule has 0 saturated carbocycles. The van der Waals surface area contributed by atoms with E-state index in [2.05, 4.69) is 5.32 Å². The Balaban J connectivity index is 2.34. The Hall–Kier alpha value is -2.87. The van der Waals surface area contributed by atoms with Gasteiger partial charge in [0.2, 0.25) is 21.8 Å². The van der Waals surface area contributed by atoms with Gasteiger partial charge in [0.15, 0.2) is 0 Å². The van der Waals surface area contributed by atoms with Crippen LogP contribution in [-0.2, 0) is 26.0 Å². The first-order valence-corrected chi connectivity index (χ1v) is 12.7. The van der Waals surface area contributed by atoms with E-state index in [-0.39, 0.29) is 12.5 Å². The first kappa shape index (κ1) is 25.4. The summed E-state index contributed by atoms with van der Waals surface area (Å²) >= 11 is 0. The Bertz CT molecular complexity index is 1010. The molecule has 0 bridgehead atoms. The fourth-order valence-corrected chi connectivity index (χ4v) is 4.43. The molecule has 0 radical (unpaired) electrons. The minimum atomic E-state index is -3.71. The zero-order valence-corrected chi connectivity index (χ0v) is 20.1. The molecule has 0 aromatic heterocycles. The lowest BCUT2D eigenvalue weighted by atomic mass is 10.1. The Labute approximate surface area is 191 Å². The Kier molecular flexibility index (Phi) is 9.26. The Morgan fingerprint density at radius 3 is 2.28 bits per heavy atom. The van der Waals surface area contributed by atoms with Gasteiger partial charge in [-0.25, -0.2) is 8.42 Å². The highest BCUT2D eigenvalue weighted by molar-refractivity contribution is 7.92. The van der Waals surface area contributed by atoms with Crippen LogP contribution in [0.1, 0.15) is 31.4 Å². The number of aryl methyl sites for hydroxylation is 1. The van der Waals surface area contributed by atoms with E-state index in [1.54, 1.807) is 18.2 Å². The van der Waals surface area contributed by atoms with Gasteiger partial charge < -0.3 is 10.2 Å². The van der Waals surface area contributed by atoms with Crippen LogP contribution >= 0.6 is 0 Å². The maximum absolute atomic E-state index is 13.4. The largest absolute Gasteiger partial charge is 0.355 e. The lowest BCUT2D eigenvalue weighted by Gasteiger charge is -2.32. The molecule has 1 N–H and O–H groups in total. The molecule has 0 spiro atoms. The molecule has 2 rings (SSSR count). The van der Waals surface area contributed by atoms with Crippen molar-refractivity contribution in [1.82, 2.24) is 10.2 Å². The molecule has 174 valence electrons. The molecule has 2 aromatic rings. The van der Waals surface area contributed by atoms with Crippen LogP contribution in [0.5, 0.6) is 0 Å². The third-order valence-corrected chi connectivity index (χ3v) is 6.33. The molecule has 2 aromatic carbocycles. The fraction of sp³-hybridized carbons (Fsp3) is 0.417. The third kappa shape index (κ3) is 7.09. The number of hydrogen-bond donors (Lipinski definition) is 1. The van der Waals surface area contributed by atoms with Gasteiger partial charge in [0.25, 0.3) is 0 Å². The number of rotatable bonds is 11. The minimum Gasteiger partial charge on any atom is -0.355 e. The van der Waals surface area contributed by atoms with Crippen molar-refractivity contribution in [1.29, 1.82) is 0 Å². The first-order valence-electron chi connectivity index (χ1n) is 10.8. The smallest absolute Gasteiger partial charge is 0.244 e. The Morgan fingerprint density at radius 1 is 1.03 bits per heavy atom. The van der Waals surface area contributed by atoms with Crippen LogP contribution in [0.3, 0.4) is 0 Å². The third-order valence-electron chi connectivity index (χ3n) is 5.19. The van der Waals surface area contributed by atoms with Crippen molar-refractivity contribution in [3.8, 4) is 0 Å². The van der Waals surface area contributed by atoms with E-state index in [9.17, 15) is 18.0 Å². The molecule has 0 fully saturated rings. The molecular weight excluding hydrogens is 426 g/mol. The van der Waals surface area contributed by atoms with Crippen LogP contribution in [0.2, 0.25) is 0 Å². The topological polar surface area (TPSA) is 86.8 Å². The summed E-state index contributed by atoms with van der Waals surface area (Å²) in [6, 6.07) is 16.0. The average Bonchev–Trinajstić information content (AvgIpc) is 2.74. The number of carbonyl (C=O) groups is 2. The molecule has 32 heavy (non-hydrogen) atoms. The van der Waals surface area contributed by atoms with Gasteiger partial charge >= 0.3 is 0 Å². The number of nitrogens with one attached hydrogen (secondary N) is 1. The summed E-state index contributed by atoms with van der Waals surface area (Å²) in [7, 11) is -3.71. The van der Waals surface area contributed by atoms with Crippen LogP contribution in [0.4, 0.5) is 5.69 Å². The summed E-state index contributed by atoms with van der Waals surface area (Å²) in [5.41, 5.74) is 2.35. The quantitative estimate of drug-likeness (QED) is 0.560. The van der Waals surface area contributed by atoms with Crippen molar-refractivity contribution >= 4 is 27.5 Å². The summed E-state index contributed by atoms with van der Waals surface area (Å²) in [6.45, 7) is 5.92. The van der Waals surface area contributed by atoms with Crippen molar-refractivity contribution in [3.05, 3.63) is 65.7 Å².